The van der Waals surface area contributed by atoms with Crippen LogP contribution in [0.2, 0.25) is 5.02 Å². The van der Waals surface area contributed by atoms with Crippen LogP contribution in [-0.4, -0.2) is 48.9 Å². The number of carbonyl (C=O) groups excluding carboxylic acids is 2. The van der Waals surface area contributed by atoms with Gasteiger partial charge in [0.05, 0.1) is 18.2 Å². The van der Waals surface area contributed by atoms with E-state index in [1.807, 2.05) is 18.2 Å². The number of carbonyl (C=O) groups is 2. The van der Waals surface area contributed by atoms with Crippen molar-refractivity contribution in [1.29, 1.82) is 0 Å². The van der Waals surface area contributed by atoms with E-state index >= 15 is 0 Å². The summed E-state index contributed by atoms with van der Waals surface area (Å²) in [6.45, 7) is 2.82. The lowest BCUT2D eigenvalue weighted by molar-refractivity contribution is -0.183. The summed E-state index contributed by atoms with van der Waals surface area (Å²) in [7, 11) is 0. The first-order valence-corrected chi connectivity index (χ1v) is 9.66. The standard InChI is InChI=1S/C16H19NO4.C5H4ClN/c18-10-12-2-3-14(13-4-5-17(9-13)11-19)15(8-12)16-20-6-1-7-21-16;6-5-2-1-3-7-4-5/h2-3,8,10-11,13,16H,1,4-7,9H2;1-4H. The largest absolute Gasteiger partial charge is 0.348 e. The number of nitrogens with zero attached hydrogens (tertiary/aromatic N) is 2. The molecule has 1 amide bonds. The van der Waals surface area contributed by atoms with E-state index < -0.39 is 6.29 Å². The molecule has 1 aromatic carbocycles. The Hall–Kier alpha value is -2.28. The zero-order valence-corrected chi connectivity index (χ0v) is 16.3. The average Bonchev–Trinajstić information content (AvgIpc) is 3.24. The van der Waals surface area contributed by atoms with Gasteiger partial charge in [-0.1, -0.05) is 23.7 Å². The van der Waals surface area contributed by atoms with Crippen molar-refractivity contribution < 1.29 is 19.1 Å². The number of benzene rings is 1. The van der Waals surface area contributed by atoms with E-state index in [0.29, 0.717) is 30.3 Å². The summed E-state index contributed by atoms with van der Waals surface area (Å²) in [6, 6.07) is 9.22. The third kappa shape index (κ3) is 5.38. The molecule has 2 fully saturated rings. The van der Waals surface area contributed by atoms with Crippen LogP contribution >= 0.6 is 11.6 Å². The highest BCUT2D eigenvalue weighted by molar-refractivity contribution is 6.30. The fraction of sp³-hybridized carbons (Fsp3) is 0.381. The van der Waals surface area contributed by atoms with Crippen molar-refractivity contribution in [2.24, 2.45) is 0 Å². The highest BCUT2D eigenvalue weighted by Gasteiger charge is 2.28. The molecule has 1 atom stereocenters. The summed E-state index contributed by atoms with van der Waals surface area (Å²) in [6.07, 6.45) is 6.43. The first-order chi connectivity index (χ1) is 13.7. The predicted molar refractivity (Wildman–Crippen MR) is 105 cm³/mol. The van der Waals surface area contributed by atoms with Gasteiger partial charge in [0.25, 0.3) is 0 Å². The number of aromatic nitrogens is 1. The second-order valence-electron chi connectivity index (χ2n) is 6.69. The quantitative estimate of drug-likeness (QED) is 0.730. The summed E-state index contributed by atoms with van der Waals surface area (Å²) in [5, 5.41) is 0.683. The minimum absolute atomic E-state index is 0.278. The van der Waals surface area contributed by atoms with Gasteiger partial charge < -0.3 is 14.4 Å². The van der Waals surface area contributed by atoms with Crippen molar-refractivity contribution in [2.45, 2.75) is 25.0 Å². The minimum Gasteiger partial charge on any atom is -0.348 e. The Kier molecular flexibility index (Phi) is 7.54. The van der Waals surface area contributed by atoms with Crippen molar-refractivity contribution in [3.63, 3.8) is 0 Å². The Morgan fingerprint density at radius 2 is 1.96 bits per heavy atom. The van der Waals surface area contributed by atoms with E-state index in [2.05, 4.69) is 4.98 Å². The van der Waals surface area contributed by atoms with Crippen LogP contribution in [0.5, 0.6) is 0 Å². The molecule has 2 aliphatic heterocycles. The lowest BCUT2D eigenvalue weighted by Gasteiger charge is -2.27. The molecular formula is C21H23ClN2O4. The Labute approximate surface area is 169 Å². The van der Waals surface area contributed by atoms with Gasteiger partial charge in [-0.3, -0.25) is 14.6 Å². The Balaban J connectivity index is 0.000000271. The summed E-state index contributed by atoms with van der Waals surface area (Å²) < 4.78 is 11.4. The van der Waals surface area contributed by atoms with Crippen LogP contribution in [0, 0.1) is 0 Å². The molecule has 2 aromatic rings. The van der Waals surface area contributed by atoms with Crippen LogP contribution in [0.15, 0.2) is 42.7 Å². The van der Waals surface area contributed by atoms with Gasteiger partial charge in [-0.05, 0) is 36.6 Å². The lowest BCUT2D eigenvalue weighted by Crippen LogP contribution is -2.21. The molecule has 0 spiro atoms. The fourth-order valence-corrected chi connectivity index (χ4v) is 3.52. The monoisotopic (exact) mass is 402 g/mol. The molecule has 0 saturated carbocycles. The maximum absolute atomic E-state index is 11.0. The van der Waals surface area contributed by atoms with E-state index in [4.69, 9.17) is 21.1 Å². The molecule has 0 N–H and O–H groups in total. The highest BCUT2D eigenvalue weighted by atomic mass is 35.5. The van der Waals surface area contributed by atoms with Gasteiger partial charge >= 0.3 is 0 Å². The fourth-order valence-electron chi connectivity index (χ4n) is 3.39. The van der Waals surface area contributed by atoms with E-state index in [9.17, 15) is 9.59 Å². The maximum atomic E-state index is 11.0. The first kappa shape index (κ1) is 20.5. The van der Waals surface area contributed by atoms with Crippen LogP contribution in [-0.2, 0) is 14.3 Å². The van der Waals surface area contributed by atoms with Gasteiger partial charge in [0, 0.05) is 42.5 Å². The topological polar surface area (TPSA) is 68.7 Å². The summed E-state index contributed by atoms with van der Waals surface area (Å²) >= 11 is 5.48. The minimum atomic E-state index is -0.404. The Morgan fingerprint density at radius 3 is 2.54 bits per heavy atom. The van der Waals surface area contributed by atoms with Crippen LogP contribution in [0.3, 0.4) is 0 Å². The van der Waals surface area contributed by atoms with Crippen LogP contribution in [0.4, 0.5) is 0 Å². The van der Waals surface area contributed by atoms with Crippen molar-refractivity contribution >= 4 is 24.3 Å². The molecule has 2 aliphatic rings. The smallest absolute Gasteiger partial charge is 0.209 e. The third-order valence-corrected chi connectivity index (χ3v) is 4.99. The van der Waals surface area contributed by atoms with Gasteiger partial charge in [-0.25, -0.2) is 0 Å². The number of likely N-dealkylation sites (tertiary alicyclic amines) is 1. The number of aldehydes is 1. The van der Waals surface area contributed by atoms with E-state index in [-0.39, 0.29) is 5.92 Å². The predicted octanol–water partition coefficient (Wildman–Crippen LogP) is 3.62. The molecule has 1 aromatic heterocycles. The SMILES string of the molecule is Clc1cccnc1.O=Cc1ccc(C2CCN(C=O)C2)c(C2OCCCO2)c1. The zero-order chi connectivity index (χ0) is 19.8. The molecule has 7 heteroatoms. The molecular weight excluding hydrogens is 380 g/mol. The lowest BCUT2D eigenvalue weighted by atomic mass is 9.91. The molecule has 3 heterocycles. The number of hydrogen-bond acceptors (Lipinski definition) is 5. The third-order valence-electron chi connectivity index (χ3n) is 4.76. The van der Waals surface area contributed by atoms with Crippen LogP contribution < -0.4 is 0 Å². The van der Waals surface area contributed by atoms with E-state index in [0.717, 1.165) is 43.2 Å². The molecule has 2 saturated heterocycles. The van der Waals surface area contributed by atoms with Gasteiger partial charge in [0.1, 0.15) is 6.29 Å². The number of pyridine rings is 1. The highest BCUT2D eigenvalue weighted by Crippen LogP contribution is 2.35. The number of rotatable bonds is 4. The summed E-state index contributed by atoms with van der Waals surface area (Å²) in [5.41, 5.74) is 2.67. The summed E-state index contributed by atoms with van der Waals surface area (Å²) in [5.74, 6) is 0.278. The second kappa shape index (κ2) is 10.3. The number of halogens is 1. The van der Waals surface area contributed by atoms with Crippen molar-refractivity contribution in [2.75, 3.05) is 26.3 Å². The van der Waals surface area contributed by atoms with Gasteiger partial charge in [0.2, 0.25) is 6.41 Å². The van der Waals surface area contributed by atoms with Gasteiger partial charge in [-0.15, -0.1) is 0 Å². The maximum Gasteiger partial charge on any atom is 0.209 e. The molecule has 6 nitrogen and oxygen atoms in total. The Bertz CT molecular complexity index is 781. The molecule has 4 rings (SSSR count). The van der Waals surface area contributed by atoms with Crippen molar-refractivity contribution in [3.8, 4) is 0 Å². The molecule has 1 unspecified atom stereocenters. The number of hydrogen-bond donors (Lipinski definition) is 0. The molecule has 0 aliphatic carbocycles. The van der Waals surface area contributed by atoms with E-state index in [1.165, 1.54) is 0 Å². The molecule has 0 radical (unpaired) electrons. The normalized spacial score (nSPS) is 19.6. The Morgan fingerprint density at radius 1 is 1.14 bits per heavy atom. The van der Waals surface area contributed by atoms with Crippen LogP contribution in [0.1, 0.15) is 46.5 Å². The zero-order valence-electron chi connectivity index (χ0n) is 15.5. The molecule has 28 heavy (non-hydrogen) atoms. The summed E-state index contributed by atoms with van der Waals surface area (Å²) in [4.78, 5) is 27.5. The van der Waals surface area contributed by atoms with Crippen molar-refractivity contribution in [1.82, 2.24) is 9.88 Å². The first-order valence-electron chi connectivity index (χ1n) is 9.28. The van der Waals surface area contributed by atoms with E-state index in [1.54, 1.807) is 29.4 Å². The molecule has 0 bridgehead atoms. The number of amides is 1. The van der Waals surface area contributed by atoms with Crippen LogP contribution in [0.25, 0.3) is 0 Å². The van der Waals surface area contributed by atoms with Gasteiger partial charge in [-0.2, -0.15) is 0 Å². The molecule has 148 valence electrons. The number of ether oxygens (including phenoxy) is 2. The van der Waals surface area contributed by atoms with Crippen molar-refractivity contribution in [3.05, 3.63) is 64.4 Å². The van der Waals surface area contributed by atoms with Gasteiger partial charge in [0.15, 0.2) is 6.29 Å². The average molecular weight is 403 g/mol. The second-order valence-corrected chi connectivity index (χ2v) is 7.13.